The first-order valence-corrected chi connectivity index (χ1v) is 7.17. The van der Waals surface area contributed by atoms with Crippen LogP contribution in [-0.2, 0) is 9.59 Å². The van der Waals surface area contributed by atoms with Gasteiger partial charge in [0.05, 0.1) is 11.6 Å². The van der Waals surface area contributed by atoms with E-state index in [1.54, 1.807) is 18.3 Å². The van der Waals surface area contributed by atoms with Gasteiger partial charge in [-0.3, -0.25) is 9.59 Å². The van der Waals surface area contributed by atoms with E-state index in [0.29, 0.717) is 6.42 Å². The Balaban J connectivity index is 1.80. The van der Waals surface area contributed by atoms with E-state index in [1.165, 1.54) is 0 Å². The van der Waals surface area contributed by atoms with E-state index < -0.39 is 0 Å². The molecule has 106 valence electrons. The zero-order valence-electron chi connectivity index (χ0n) is 11.3. The van der Waals surface area contributed by atoms with Gasteiger partial charge in [-0.2, -0.15) is 10.2 Å². The Bertz CT molecular complexity index is 563. The normalized spacial score (nSPS) is 18.7. The van der Waals surface area contributed by atoms with Gasteiger partial charge in [-0.05, 0) is 31.7 Å². The summed E-state index contributed by atoms with van der Waals surface area (Å²) in [7, 11) is 0. The van der Waals surface area contributed by atoms with Crippen LogP contribution < -0.4 is 10.9 Å². The van der Waals surface area contributed by atoms with Gasteiger partial charge in [0.1, 0.15) is 0 Å². The van der Waals surface area contributed by atoms with Gasteiger partial charge in [-0.25, -0.2) is 10.9 Å². The van der Waals surface area contributed by atoms with Crippen LogP contribution in [0.4, 0.5) is 0 Å². The minimum atomic E-state index is -0.303. The predicted molar refractivity (Wildman–Crippen MR) is 78.6 cm³/mol. The average Bonchev–Trinajstić information content (AvgIpc) is 3.05. The van der Waals surface area contributed by atoms with E-state index in [2.05, 4.69) is 21.1 Å². The smallest absolute Gasteiger partial charge is 0.248 e. The molecule has 0 unspecified atom stereocenters. The summed E-state index contributed by atoms with van der Waals surface area (Å²) in [5.41, 5.74) is 6.40. The largest absolute Gasteiger partial charge is 0.273 e. The van der Waals surface area contributed by atoms with Crippen molar-refractivity contribution in [3.05, 3.63) is 22.4 Å². The minimum absolute atomic E-state index is 0.145. The monoisotopic (exact) mass is 292 g/mol. The SMILES string of the molecule is CC1=NNC(=O)[C@H]1CCC(=O)N/N=C(\C)c1cccs1. The maximum atomic E-state index is 11.7. The third kappa shape index (κ3) is 3.51. The van der Waals surface area contributed by atoms with Crippen LogP contribution in [0.2, 0.25) is 0 Å². The van der Waals surface area contributed by atoms with Gasteiger partial charge in [0, 0.05) is 17.0 Å². The number of hydrazone groups is 2. The molecule has 1 aliphatic heterocycles. The van der Waals surface area contributed by atoms with Crippen molar-refractivity contribution in [1.82, 2.24) is 10.9 Å². The molecule has 0 fully saturated rings. The van der Waals surface area contributed by atoms with E-state index in [0.717, 1.165) is 16.3 Å². The first-order valence-electron chi connectivity index (χ1n) is 6.29. The molecular weight excluding hydrogens is 276 g/mol. The zero-order valence-corrected chi connectivity index (χ0v) is 12.2. The third-order valence-electron chi connectivity index (χ3n) is 3.05. The van der Waals surface area contributed by atoms with Crippen molar-refractivity contribution < 1.29 is 9.59 Å². The summed E-state index contributed by atoms with van der Waals surface area (Å²) in [4.78, 5) is 24.2. The lowest BCUT2D eigenvalue weighted by Gasteiger charge is -2.06. The molecule has 0 aliphatic carbocycles. The van der Waals surface area contributed by atoms with Gasteiger partial charge in [0.25, 0.3) is 0 Å². The van der Waals surface area contributed by atoms with E-state index in [9.17, 15) is 9.59 Å². The molecule has 0 radical (unpaired) electrons. The second-order valence-electron chi connectivity index (χ2n) is 4.53. The van der Waals surface area contributed by atoms with E-state index in [1.807, 2.05) is 24.4 Å². The maximum Gasteiger partial charge on any atom is 0.248 e. The Morgan fingerprint density at radius 3 is 3.00 bits per heavy atom. The molecule has 2 amide bonds. The topological polar surface area (TPSA) is 82.9 Å². The van der Waals surface area contributed by atoms with Gasteiger partial charge in [-0.1, -0.05) is 6.07 Å². The van der Waals surface area contributed by atoms with Crippen LogP contribution in [0.3, 0.4) is 0 Å². The molecule has 0 saturated heterocycles. The molecule has 1 aromatic heterocycles. The molecular formula is C13H16N4O2S. The Labute approximate surface area is 121 Å². The van der Waals surface area contributed by atoms with Gasteiger partial charge >= 0.3 is 0 Å². The Kier molecular flexibility index (Phi) is 4.62. The molecule has 0 bridgehead atoms. The highest BCUT2D eigenvalue weighted by Crippen LogP contribution is 2.13. The Morgan fingerprint density at radius 1 is 1.60 bits per heavy atom. The molecule has 0 spiro atoms. The number of hydrogen-bond acceptors (Lipinski definition) is 5. The number of nitrogens with zero attached hydrogens (tertiary/aromatic N) is 2. The predicted octanol–water partition coefficient (Wildman–Crippen LogP) is 1.49. The second-order valence-corrected chi connectivity index (χ2v) is 5.48. The lowest BCUT2D eigenvalue weighted by Crippen LogP contribution is -2.25. The summed E-state index contributed by atoms with van der Waals surface area (Å²) in [5, 5.41) is 9.85. The lowest BCUT2D eigenvalue weighted by atomic mass is 9.99. The summed E-state index contributed by atoms with van der Waals surface area (Å²) in [6, 6.07) is 3.88. The third-order valence-corrected chi connectivity index (χ3v) is 4.03. The highest BCUT2D eigenvalue weighted by molar-refractivity contribution is 7.12. The number of carbonyl (C=O) groups excluding carboxylic acids is 2. The molecule has 7 heteroatoms. The van der Waals surface area contributed by atoms with Crippen LogP contribution >= 0.6 is 11.3 Å². The van der Waals surface area contributed by atoms with Crippen molar-refractivity contribution in [2.24, 2.45) is 16.1 Å². The molecule has 1 aromatic rings. The number of amides is 2. The standard InChI is InChI=1S/C13H16N4O2S/c1-8-10(13(19)17-14-8)5-6-12(18)16-15-9(2)11-4-3-7-20-11/h3-4,7,10H,5-6H2,1-2H3,(H,16,18)(H,17,19)/b15-9+/t10-/m0/s1. The fourth-order valence-corrected chi connectivity index (χ4v) is 2.52. The van der Waals surface area contributed by atoms with Gasteiger partial charge < -0.3 is 0 Å². The molecule has 2 rings (SSSR count). The summed E-state index contributed by atoms with van der Waals surface area (Å²) < 4.78 is 0. The van der Waals surface area contributed by atoms with Crippen molar-refractivity contribution in [1.29, 1.82) is 0 Å². The summed E-state index contributed by atoms with van der Waals surface area (Å²) in [6.07, 6.45) is 0.687. The molecule has 2 heterocycles. The van der Waals surface area contributed by atoms with Gasteiger partial charge in [-0.15, -0.1) is 11.3 Å². The summed E-state index contributed by atoms with van der Waals surface area (Å²) in [5.74, 6) is -0.648. The summed E-state index contributed by atoms with van der Waals surface area (Å²) in [6.45, 7) is 3.62. The quantitative estimate of drug-likeness (QED) is 0.636. The van der Waals surface area contributed by atoms with Crippen LogP contribution in [0.1, 0.15) is 31.6 Å². The average molecular weight is 292 g/mol. The van der Waals surface area contributed by atoms with Crippen molar-refractivity contribution in [2.75, 3.05) is 0 Å². The molecule has 2 N–H and O–H groups in total. The fourth-order valence-electron chi connectivity index (χ4n) is 1.85. The molecule has 0 aromatic carbocycles. The van der Waals surface area contributed by atoms with E-state index >= 15 is 0 Å². The number of thiophene rings is 1. The highest BCUT2D eigenvalue weighted by atomic mass is 32.1. The first kappa shape index (κ1) is 14.4. The number of rotatable bonds is 5. The minimum Gasteiger partial charge on any atom is -0.273 e. The van der Waals surface area contributed by atoms with Crippen LogP contribution in [0, 0.1) is 5.92 Å². The van der Waals surface area contributed by atoms with Crippen LogP contribution in [0.15, 0.2) is 27.7 Å². The first-order chi connectivity index (χ1) is 9.58. The maximum absolute atomic E-state index is 11.7. The highest BCUT2D eigenvalue weighted by Gasteiger charge is 2.26. The fraction of sp³-hybridized carbons (Fsp3) is 0.385. The van der Waals surface area contributed by atoms with Crippen molar-refractivity contribution >= 4 is 34.6 Å². The Hall–Kier alpha value is -2.02. The number of carbonyl (C=O) groups is 2. The molecule has 6 nitrogen and oxygen atoms in total. The molecule has 1 aliphatic rings. The van der Waals surface area contributed by atoms with Gasteiger partial charge in [0.15, 0.2) is 0 Å². The van der Waals surface area contributed by atoms with E-state index in [4.69, 9.17) is 0 Å². The van der Waals surface area contributed by atoms with Crippen molar-refractivity contribution in [3.8, 4) is 0 Å². The Morgan fingerprint density at radius 2 is 2.40 bits per heavy atom. The second kappa shape index (κ2) is 6.42. The lowest BCUT2D eigenvalue weighted by molar-refractivity contribution is -0.123. The molecule has 1 atom stereocenters. The summed E-state index contributed by atoms with van der Waals surface area (Å²) >= 11 is 1.57. The van der Waals surface area contributed by atoms with Crippen LogP contribution in [0.25, 0.3) is 0 Å². The zero-order chi connectivity index (χ0) is 14.5. The number of nitrogens with one attached hydrogen (secondary N) is 2. The molecule has 20 heavy (non-hydrogen) atoms. The van der Waals surface area contributed by atoms with Crippen molar-refractivity contribution in [3.63, 3.8) is 0 Å². The van der Waals surface area contributed by atoms with Gasteiger partial charge in [0.2, 0.25) is 11.8 Å². The van der Waals surface area contributed by atoms with Crippen LogP contribution in [-0.4, -0.2) is 23.2 Å². The van der Waals surface area contributed by atoms with Crippen LogP contribution in [0.5, 0.6) is 0 Å². The number of hydrogen-bond donors (Lipinski definition) is 2. The van der Waals surface area contributed by atoms with E-state index in [-0.39, 0.29) is 24.2 Å². The molecule has 0 saturated carbocycles. The van der Waals surface area contributed by atoms with Crippen molar-refractivity contribution in [2.45, 2.75) is 26.7 Å².